The summed E-state index contributed by atoms with van der Waals surface area (Å²) in [6.45, 7) is 3.90. The van der Waals surface area contributed by atoms with E-state index < -0.39 is 5.97 Å². The normalized spacial score (nSPS) is 15.8. The van der Waals surface area contributed by atoms with Gasteiger partial charge in [0.2, 0.25) is 0 Å². The van der Waals surface area contributed by atoms with Crippen molar-refractivity contribution in [3.63, 3.8) is 0 Å². The molecule has 1 aliphatic heterocycles. The molecule has 0 aromatic rings. The first kappa shape index (κ1) is 8.90. The molecule has 0 amide bonds. The zero-order chi connectivity index (χ0) is 8.97. The highest BCUT2D eigenvalue weighted by atomic mass is 16.4. The molecular weight excluding hydrogens is 156 g/mol. The van der Waals surface area contributed by atoms with Crippen LogP contribution in [0.3, 0.4) is 0 Å². The number of aliphatic carboxylic acids is 1. The summed E-state index contributed by atoms with van der Waals surface area (Å²) in [5.74, 6) is -0.780. The molecule has 0 saturated carbocycles. The van der Waals surface area contributed by atoms with Crippen molar-refractivity contribution in [2.75, 3.05) is 19.8 Å². The van der Waals surface area contributed by atoms with E-state index >= 15 is 0 Å². The summed E-state index contributed by atoms with van der Waals surface area (Å²) >= 11 is 0. The van der Waals surface area contributed by atoms with Crippen molar-refractivity contribution < 1.29 is 9.90 Å². The molecule has 4 nitrogen and oxygen atoms in total. The first-order valence-corrected chi connectivity index (χ1v) is 4.10. The molecule has 1 rings (SSSR count). The summed E-state index contributed by atoms with van der Waals surface area (Å²) in [4.78, 5) is 14.2. The van der Waals surface area contributed by atoms with Gasteiger partial charge in [0.05, 0.1) is 6.67 Å². The Balaban J connectivity index is 2.27. The zero-order valence-corrected chi connectivity index (χ0v) is 7.23. The summed E-state index contributed by atoms with van der Waals surface area (Å²) in [5, 5.41) is 8.50. The van der Waals surface area contributed by atoms with Crippen LogP contribution in [0.5, 0.6) is 0 Å². The van der Waals surface area contributed by atoms with E-state index in [1.165, 1.54) is 0 Å². The first-order chi connectivity index (χ1) is 5.72. The Labute approximate surface area is 72.1 Å². The number of carbonyl (C=O) groups is 1. The number of hydrogen-bond donors (Lipinski definition) is 1. The maximum absolute atomic E-state index is 10.3. The maximum Gasteiger partial charge on any atom is 0.323 e. The Hall–Kier alpha value is -1.19. The molecule has 0 fully saturated rings. The number of carboxylic acid groups (broad SMARTS) is 1. The van der Waals surface area contributed by atoms with Gasteiger partial charge in [-0.25, -0.2) is 0 Å². The Morgan fingerprint density at radius 2 is 2.17 bits per heavy atom. The van der Waals surface area contributed by atoms with Gasteiger partial charge in [0.15, 0.2) is 0 Å². The van der Waals surface area contributed by atoms with Crippen LogP contribution in [0.25, 0.3) is 0 Å². The van der Waals surface area contributed by atoms with Gasteiger partial charge in [-0.3, -0.25) is 4.79 Å². The van der Waals surface area contributed by atoms with Gasteiger partial charge in [-0.05, 0) is 6.42 Å². The van der Waals surface area contributed by atoms with E-state index in [2.05, 4.69) is 11.8 Å². The van der Waals surface area contributed by atoms with Crippen molar-refractivity contribution >= 4 is 5.97 Å². The SMILES string of the molecule is CCCN1C=CN(CC(=O)O)C1. The highest BCUT2D eigenvalue weighted by Gasteiger charge is 2.12. The summed E-state index contributed by atoms with van der Waals surface area (Å²) in [6.07, 6.45) is 4.85. The predicted octanol–water partition coefficient (Wildman–Crippen LogP) is 0.527. The van der Waals surface area contributed by atoms with Crippen molar-refractivity contribution in [1.29, 1.82) is 0 Å². The van der Waals surface area contributed by atoms with Gasteiger partial charge in [0.1, 0.15) is 6.54 Å². The van der Waals surface area contributed by atoms with E-state index in [4.69, 9.17) is 5.11 Å². The van der Waals surface area contributed by atoms with Gasteiger partial charge in [0, 0.05) is 18.9 Å². The van der Waals surface area contributed by atoms with Gasteiger partial charge in [-0.1, -0.05) is 6.92 Å². The Bertz CT molecular complexity index is 191. The van der Waals surface area contributed by atoms with E-state index in [-0.39, 0.29) is 6.54 Å². The molecule has 0 unspecified atom stereocenters. The Kier molecular flexibility index (Phi) is 2.96. The number of hydrogen-bond acceptors (Lipinski definition) is 3. The van der Waals surface area contributed by atoms with Gasteiger partial charge < -0.3 is 14.9 Å². The molecule has 4 heteroatoms. The average molecular weight is 170 g/mol. The van der Waals surface area contributed by atoms with E-state index in [9.17, 15) is 4.79 Å². The van der Waals surface area contributed by atoms with Crippen LogP contribution in [0.15, 0.2) is 12.4 Å². The minimum atomic E-state index is -0.780. The molecular formula is C8H14N2O2. The van der Waals surface area contributed by atoms with E-state index in [0.29, 0.717) is 6.67 Å². The van der Waals surface area contributed by atoms with Crippen LogP contribution in [-0.4, -0.2) is 40.6 Å². The lowest BCUT2D eigenvalue weighted by Crippen LogP contribution is -2.29. The van der Waals surface area contributed by atoms with Crippen LogP contribution >= 0.6 is 0 Å². The first-order valence-electron chi connectivity index (χ1n) is 4.10. The fraction of sp³-hybridized carbons (Fsp3) is 0.625. The molecule has 68 valence electrons. The summed E-state index contributed by atoms with van der Waals surface area (Å²) in [5.41, 5.74) is 0. The second-order valence-corrected chi connectivity index (χ2v) is 2.89. The summed E-state index contributed by atoms with van der Waals surface area (Å²) in [6, 6.07) is 0. The molecule has 1 heterocycles. The van der Waals surface area contributed by atoms with Crippen molar-refractivity contribution in [2.24, 2.45) is 0 Å². The quantitative estimate of drug-likeness (QED) is 0.668. The van der Waals surface area contributed by atoms with Crippen LogP contribution in [0.1, 0.15) is 13.3 Å². The van der Waals surface area contributed by atoms with Crippen LogP contribution in [0.4, 0.5) is 0 Å². The third kappa shape index (κ3) is 2.45. The molecule has 0 aliphatic carbocycles. The third-order valence-electron chi connectivity index (χ3n) is 1.70. The smallest absolute Gasteiger partial charge is 0.323 e. The van der Waals surface area contributed by atoms with Crippen molar-refractivity contribution in [1.82, 2.24) is 9.80 Å². The molecule has 1 N–H and O–H groups in total. The van der Waals surface area contributed by atoms with Gasteiger partial charge in [-0.15, -0.1) is 0 Å². The van der Waals surface area contributed by atoms with Crippen molar-refractivity contribution in [3.8, 4) is 0 Å². The van der Waals surface area contributed by atoms with Crippen LogP contribution < -0.4 is 0 Å². The lowest BCUT2D eigenvalue weighted by molar-refractivity contribution is -0.137. The second-order valence-electron chi connectivity index (χ2n) is 2.89. The lowest BCUT2D eigenvalue weighted by atomic mass is 10.4. The highest BCUT2D eigenvalue weighted by Crippen LogP contribution is 2.05. The fourth-order valence-corrected chi connectivity index (χ4v) is 1.23. The summed E-state index contributed by atoms with van der Waals surface area (Å²) in [7, 11) is 0. The van der Waals surface area contributed by atoms with Crippen LogP contribution in [0.2, 0.25) is 0 Å². The van der Waals surface area contributed by atoms with Gasteiger partial charge in [0.25, 0.3) is 0 Å². The van der Waals surface area contributed by atoms with Crippen molar-refractivity contribution in [2.45, 2.75) is 13.3 Å². The van der Waals surface area contributed by atoms with Crippen molar-refractivity contribution in [3.05, 3.63) is 12.4 Å². The van der Waals surface area contributed by atoms with Gasteiger partial charge >= 0.3 is 5.97 Å². The second kappa shape index (κ2) is 3.99. The molecule has 0 spiro atoms. The summed E-state index contributed by atoms with van der Waals surface area (Å²) < 4.78 is 0. The average Bonchev–Trinajstić information content (AvgIpc) is 2.36. The molecule has 1 aliphatic rings. The maximum atomic E-state index is 10.3. The van der Waals surface area contributed by atoms with Crippen LogP contribution in [-0.2, 0) is 4.79 Å². The highest BCUT2D eigenvalue weighted by molar-refractivity contribution is 5.69. The standard InChI is InChI=1S/C8H14N2O2/c1-2-3-9-4-5-10(7-9)6-8(11)12/h4-5H,2-3,6-7H2,1H3,(H,11,12). The number of nitrogens with zero attached hydrogens (tertiary/aromatic N) is 2. The Morgan fingerprint density at radius 3 is 2.75 bits per heavy atom. The fourth-order valence-electron chi connectivity index (χ4n) is 1.23. The van der Waals surface area contributed by atoms with Crippen LogP contribution in [0, 0.1) is 0 Å². The number of carboxylic acids is 1. The largest absolute Gasteiger partial charge is 0.480 e. The minimum Gasteiger partial charge on any atom is -0.480 e. The van der Waals surface area contributed by atoms with E-state index in [1.54, 1.807) is 4.90 Å². The lowest BCUT2D eigenvalue weighted by Gasteiger charge is -2.18. The van der Waals surface area contributed by atoms with Gasteiger partial charge in [-0.2, -0.15) is 0 Å². The third-order valence-corrected chi connectivity index (χ3v) is 1.70. The monoisotopic (exact) mass is 170 g/mol. The molecule has 0 bridgehead atoms. The molecule has 12 heavy (non-hydrogen) atoms. The number of rotatable bonds is 4. The zero-order valence-electron chi connectivity index (χ0n) is 7.23. The predicted molar refractivity (Wildman–Crippen MR) is 45.3 cm³/mol. The minimum absolute atomic E-state index is 0.0940. The molecule has 0 atom stereocenters. The van der Waals surface area contributed by atoms with E-state index in [1.807, 2.05) is 12.4 Å². The molecule has 0 aromatic carbocycles. The topological polar surface area (TPSA) is 43.8 Å². The molecule has 0 saturated heterocycles. The molecule has 0 aromatic heterocycles. The molecule has 0 radical (unpaired) electrons. The van der Waals surface area contributed by atoms with E-state index in [0.717, 1.165) is 13.0 Å². The Morgan fingerprint density at radius 1 is 1.50 bits per heavy atom.